The molecule has 0 unspecified atom stereocenters. The van der Waals surface area contributed by atoms with Gasteiger partial charge >= 0.3 is 0 Å². The molecule has 1 fully saturated rings. The minimum atomic E-state index is -0.471. The molecule has 3 aromatic rings. The van der Waals surface area contributed by atoms with Crippen molar-refractivity contribution in [2.24, 2.45) is 0 Å². The van der Waals surface area contributed by atoms with Crippen LogP contribution in [0.1, 0.15) is 34.3 Å². The van der Waals surface area contributed by atoms with E-state index in [-0.39, 0.29) is 17.5 Å². The van der Waals surface area contributed by atoms with Gasteiger partial charge in [-0.05, 0) is 55.2 Å². The van der Waals surface area contributed by atoms with Crippen molar-refractivity contribution in [1.82, 2.24) is 4.90 Å². The fraction of sp³-hybridized carbons (Fsp3) is 0.269. The molecule has 1 heterocycles. The first-order valence-electron chi connectivity index (χ1n) is 10.5. The zero-order chi connectivity index (χ0) is 20.9. The Balaban J connectivity index is 1.55. The highest BCUT2D eigenvalue weighted by Gasteiger charge is 2.31. The minimum Gasteiger partial charge on any atom is -0.305 e. The summed E-state index contributed by atoms with van der Waals surface area (Å²) in [4.78, 5) is 17.7. The lowest BCUT2D eigenvalue weighted by Gasteiger charge is -2.39. The van der Waals surface area contributed by atoms with E-state index in [2.05, 4.69) is 29.2 Å². The molecule has 0 aromatic heterocycles. The summed E-state index contributed by atoms with van der Waals surface area (Å²) in [6.45, 7) is 4.75. The second kappa shape index (κ2) is 9.23. The molecule has 1 aliphatic heterocycles. The Morgan fingerprint density at radius 1 is 0.967 bits per heavy atom. The third-order valence-electron chi connectivity index (χ3n) is 5.77. The molecule has 0 spiro atoms. The second-order valence-electron chi connectivity index (χ2n) is 7.99. The lowest BCUT2D eigenvalue weighted by molar-refractivity contribution is 0.0954. The molecule has 1 aliphatic rings. The van der Waals surface area contributed by atoms with Crippen molar-refractivity contribution in [2.75, 3.05) is 18.0 Å². The Labute approximate surface area is 177 Å². The topological polar surface area (TPSA) is 23.6 Å². The number of benzene rings is 3. The number of piperidine rings is 1. The van der Waals surface area contributed by atoms with Crippen LogP contribution in [0.25, 0.3) is 0 Å². The van der Waals surface area contributed by atoms with Gasteiger partial charge in [0, 0.05) is 31.4 Å². The maximum absolute atomic E-state index is 14.4. The van der Waals surface area contributed by atoms with Gasteiger partial charge in [0.25, 0.3) is 5.91 Å². The molecular weight excluding hydrogens is 375 g/mol. The molecule has 0 aliphatic carbocycles. The summed E-state index contributed by atoms with van der Waals surface area (Å²) in [5.41, 5.74) is 3.35. The number of halogens is 1. The van der Waals surface area contributed by atoms with Crippen molar-refractivity contribution >= 4 is 11.6 Å². The number of anilines is 1. The number of likely N-dealkylation sites (tertiary alicyclic amines) is 1. The van der Waals surface area contributed by atoms with Gasteiger partial charge in [0.05, 0.1) is 5.56 Å². The van der Waals surface area contributed by atoms with Crippen molar-refractivity contribution in [1.29, 1.82) is 0 Å². The van der Waals surface area contributed by atoms with Crippen LogP contribution in [-0.2, 0) is 6.54 Å². The molecule has 0 atom stereocenters. The van der Waals surface area contributed by atoms with Gasteiger partial charge in [-0.3, -0.25) is 9.69 Å². The summed E-state index contributed by atoms with van der Waals surface area (Å²) in [6.07, 6.45) is 1.72. The third kappa shape index (κ3) is 4.60. The number of carbonyl (C=O) groups is 1. The first kappa shape index (κ1) is 20.3. The van der Waals surface area contributed by atoms with Gasteiger partial charge in [0.15, 0.2) is 0 Å². The Morgan fingerprint density at radius 3 is 2.37 bits per heavy atom. The maximum atomic E-state index is 14.4. The summed E-state index contributed by atoms with van der Waals surface area (Å²) in [5.74, 6) is -0.734. The zero-order valence-electron chi connectivity index (χ0n) is 17.3. The zero-order valence-corrected chi connectivity index (χ0v) is 17.3. The fourth-order valence-corrected chi connectivity index (χ4v) is 4.21. The van der Waals surface area contributed by atoms with Crippen LogP contribution in [0.3, 0.4) is 0 Å². The predicted octanol–water partition coefficient (Wildman–Crippen LogP) is 5.45. The summed E-state index contributed by atoms with van der Waals surface area (Å²) >= 11 is 0. The van der Waals surface area contributed by atoms with Crippen LogP contribution in [0.2, 0.25) is 0 Å². The third-order valence-corrected chi connectivity index (χ3v) is 5.77. The molecule has 154 valence electrons. The number of hydrogen-bond acceptors (Lipinski definition) is 2. The monoisotopic (exact) mass is 402 g/mol. The van der Waals surface area contributed by atoms with Gasteiger partial charge < -0.3 is 4.90 Å². The largest absolute Gasteiger partial charge is 0.305 e. The van der Waals surface area contributed by atoms with Crippen LogP contribution in [0, 0.1) is 12.7 Å². The van der Waals surface area contributed by atoms with E-state index in [1.165, 1.54) is 11.6 Å². The molecule has 1 amide bonds. The van der Waals surface area contributed by atoms with E-state index in [1.807, 2.05) is 42.2 Å². The second-order valence-corrected chi connectivity index (χ2v) is 7.99. The van der Waals surface area contributed by atoms with Crippen LogP contribution >= 0.6 is 0 Å². The standard InChI is InChI=1S/C26H27FN2O/c1-20-8-7-11-23(18-20)29(26(30)24-12-5-6-13-25(24)27)22-14-16-28(17-15-22)19-21-9-3-2-4-10-21/h2-13,18,22H,14-17,19H2,1H3. The van der Waals surface area contributed by atoms with Crippen LogP contribution in [-0.4, -0.2) is 29.9 Å². The molecule has 30 heavy (non-hydrogen) atoms. The Hall–Kier alpha value is -2.98. The fourth-order valence-electron chi connectivity index (χ4n) is 4.21. The molecule has 4 rings (SSSR count). The van der Waals surface area contributed by atoms with Crippen molar-refractivity contribution in [3.63, 3.8) is 0 Å². The van der Waals surface area contributed by atoms with Crippen molar-refractivity contribution in [2.45, 2.75) is 32.4 Å². The highest BCUT2D eigenvalue weighted by Crippen LogP contribution is 2.28. The van der Waals surface area contributed by atoms with Gasteiger partial charge in [0.2, 0.25) is 0 Å². The molecule has 4 heteroatoms. The number of amides is 1. The van der Waals surface area contributed by atoms with E-state index in [0.717, 1.165) is 43.7 Å². The van der Waals surface area contributed by atoms with Gasteiger partial charge in [0.1, 0.15) is 5.82 Å². The molecule has 0 radical (unpaired) electrons. The predicted molar refractivity (Wildman–Crippen MR) is 119 cm³/mol. The maximum Gasteiger partial charge on any atom is 0.261 e. The average molecular weight is 403 g/mol. The van der Waals surface area contributed by atoms with E-state index in [4.69, 9.17) is 0 Å². The molecular formula is C26H27FN2O. The summed E-state index contributed by atoms with van der Waals surface area (Å²) < 4.78 is 14.4. The molecule has 0 N–H and O–H groups in total. The lowest BCUT2D eigenvalue weighted by atomic mass is 9.99. The van der Waals surface area contributed by atoms with Gasteiger partial charge in [-0.1, -0.05) is 54.6 Å². The van der Waals surface area contributed by atoms with Gasteiger partial charge in [-0.25, -0.2) is 4.39 Å². The number of nitrogens with zero attached hydrogens (tertiary/aromatic N) is 2. The Morgan fingerprint density at radius 2 is 1.67 bits per heavy atom. The van der Waals surface area contributed by atoms with Crippen molar-refractivity contribution < 1.29 is 9.18 Å². The Bertz CT molecular complexity index is 997. The first-order chi connectivity index (χ1) is 14.6. The quantitative estimate of drug-likeness (QED) is 0.567. The number of carbonyl (C=O) groups excluding carboxylic acids is 1. The van der Waals surface area contributed by atoms with Crippen LogP contribution < -0.4 is 4.90 Å². The molecule has 3 aromatic carbocycles. The molecule has 0 saturated carbocycles. The number of aryl methyl sites for hydroxylation is 1. The normalized spacial score (nSPS) is 15.1. The highest BCUT2D eigenvalue weighted by atomic mass is 19.1. The van der Waals surface area contributed by atoms with Crippen molar-refractivity contribution in [3.05, 3.63) is 101 Å². The molecule has 1 saturated heterocycles. The van der Waals surface area contributed by atoms with Crippen molar-refractivity contribution in [3.8, 4) is 0 Å². The molecule has 0 bridgehead atoms. The van der Waals surface area contributed by atoms with E-state index < -0.39 is 5.82 Å². The summed E-state index contributed by atoms with van der Waals surface area (Å²) in [5, 5.41) is 0. The highest BCUT2D eigenvalue weighted by molar-refractivity contribution is 6.06. The van der Waals surface area contributed by atoms with Crippen LogP contribution in [0.5, 0.6) is 0 Å². The van der Waals surface area contributed by atoms with Crippen LogP contribution in [0.15, 0.2) is 78.9 Å². The Kier molecular flexibility index (Phi) is 6.24. The summed E-state index contributed by atoms with van der Waals surface area (Å²) in [7, 11) is 0. The average Bonchev–Trinajstić information content (AvgIpc) is 2.76. The SMILES string of the molecule is Cc1cccc(N(C(=O)c2ccccc2F)C2CCN(Cc3ccccc3)CC2)c1. The smallest absolute Gasteiger partial charge is 0.261 e. The van der Waals surface area contributed by atoms with E-state index >= 15 is 0 Å². The summed E-state index contributed by atoms with van der Waals surface area (Å²) in [6, 6.07) is 24.7. The first-order valence-corrected chi connectivity index (χ1v) is 10.5. The van der Waals surface area contributed by atoms with E-state index in [9.17, 15) is 9.18 Å². The van der Waals surface area contributed by atoms with E-state index in [0.29, 0.717) is 0 Å². The van der Waals surface area contributed by atoms with Gasteiger partial charge in [-0.15, -0.1) is 0 Å². The minimum absolute atomic E-state index is 0.0472. The van der Waals surface area contributed by atoms with Crippen LogP contribution in [0.4, 0.5) is 10.1 Å². The number of hydrogen-bond donors (Lipinski definition) is 0. The van der Waals surface area contributed by atoms with Gasteiger partial charge in [-0.2, -0.15) is 0 Å². The lowest BCUT2D eigenvalue weighted by Crippen LogP contribution is -2.47. The van der Waals surface area contributed by atoms with E-state index in [1.54, 1.807) is 18.2 Å². The molecule has 3 nitrogen and oxygen atoms in total. The number of rotatable bonds is 5.